The summed E-state index contributed by atoms with van der Waals surface area (Å²) in [5.74, 6) is 1.13. The Bertz CT molecular complexity index is 208. The fourth-order valence-electron chi connectivity index (χ4n) is 1.05. The predicted octanol–water partition coefficient (Wildman–Crippen LogP) is 0.703. The number of aromatic amines is 1. The molecule has 3 nitrogen and oxygen atoms in total. The molecule has 11 heavy (non-hydrogen) atoms. The van der Waals surface area contributed by atoms with Gasteiger partial charge in [0.15, 0.2) is 6.20 Å². The average molecular weight is 155 g/mol. The summed E-state index contributed by atoms with van der Waals surface area (Å²) < 4.78 is 1.76. The number of nitrogens with zero attached hydrogens (tertiary/aromatic N) is 1. The molecule has 0 bridgehead atoms. The molecule has 0 unspecified atom stereocenters. The van der Waals surface area contributed by atoms with Gasteiger partial charge >= 0.3 is 0 Å². The summed E-state index contributed by atoms with van der Waals surface area (Å²) in [6.07, 6.45) is 7.23. The van der Waals surface area contributed by atoms with Crippen molar-refractivity contribution in [2.45, 2.75) is 26.2 Å². The molecule has 0 amide bonds. The Labute approximate surface area is 67.0 Å². The van der Waals surface area contributed by atoms with Crippen LogP contribution in [-0.2, 0) is 6.42 Å². The van der Waals surface area contributed by atoms with Gasteiger partial charge in [-0.2, -0.15) is 0 Å². The standard InChI is InChI=1S/C8H14N2O/c1-3-4-5-8-9-6-7-10(8)11-2/h6-7H,3-5H2,1-2H3/p+1. The van der Waals surface area contributed by atoms with Crippen LogP contribution in [0.1, 0.15) is 25.6 Å². The summed E-state index contributed by atoms with van der Waals surface area (Å²) >= 11 is 0. The monoisotopic (exact) mass is 155 g/mol. The van der Waals surface area contributed by atoms with Crippen LogP contribution in [0.15, 0.2) is 12.4 Å². The Morgan fingerprint density at radius 1 is 1.64 bits per heavy atom. The second kappa shape index (κ2) is 4.01. The molecular weight excluding hydrogens is 140 g/mol. The Morgan fingerprint density at radius 3 is 3.09 bits per heavy atom. The Kier molecular flexibility index (Phi) is 2.95. The lowest BCUT2D eigenvalue weighted by Crippen LogP contribution is -2.42. The maximum Gasteiger partial charge on any atom is 0.294 e. The topological polar surface area (TPSA) is 28.9 Å². The smallest absolute Gasteiger partial charge is 0.294 e. The van der Waals surface area contributed by atoms with Crippen molar-refractivity contribution in [2.24, 2.45) is 0 Å². The molecule has 1 aromatic heterocycles. The van der Waals surface area contributed by atoms with E-state index in [1.54, 1.807) is 11.8 Å². The third kappa shape index (κ3) is 1.97. The highest BCUT2D eigenvalue weighted by Gasteiger charge is 2.08. The molecule has 0 spiro atoms. The zero-order valence-corrected chi connectivity index (χ0v) is 7.13. The summed E-state index contributed by atoms with van der Waals surface area (Å²) in [5, 5.41) is 0. The maximum atomic E-state index is 5.07. The number of aryl methyl sites for hydroxylation is 1. The minimum absolute atomic E-state index is 1.05. The molecular formula is C8H15N2O+. The van der Waals surface area contributed by atoms with Crippen molar-refractivity contribution in [3.63, 3.8) is 0 Å². The van der Waals surface area contributed by atoms with Crippen LogP contribution in [0.25, 0.3) is 0 Å². The number of H-pyrrole nitrogens is 1. The van der Waals surface area contributed by atoms with Crippen molar-refractivity contribution in [1.29, 1.82) is 0 Å². The van der Waals surface area contributed by atoms with Gasteiger partial charge in [-0.1, -0.05) is 18.1 Å². The summed E-state index contributed by atoms with van der Waals surface area (Å²) in [6, 6.07) is 0. The highest BCUT2D eigenvalue weighted by Crippen LogP contribution is 1.95. The van der Waals surface area contributed by atoms with E-state index >= 15 is 0 Å². The molecule has 0 aliphatic heterocycles. The van der Waals surface area contributed by atoms with Gasteiger partial charge in [0, 0.05) is 0 Å². The third-order valence-corrected chi connectivity index (χ3v) is 1.69. The number of hydrogen-bond acceptors (Lipinski definition) is 1. The number of nitrogens with one attached hydrogen (secondary N) is 1. The van der Waals surface area contributed by atoms with E-state index in [1.165, 1.54) is 12.8 Å². The predicted molar refractivity (Wildman–Crippen MR) is 42.1 cm³/mol. The number of aromatic nitrogens is 2. The van der Waals surface area contributed by atoms with E-state index in [2.05, 4.69) is 11.9 Å². The van der Waals surface area contributed by atoms with E-state index in [1.807, 2.05) is 12.4 Å². The van der Waals surface area contributed by atoms with Crippen molar-refractivity contribution < 1.29 is 9.57 Å². The third-order valence-electron chi connectivity index (χ3n) is 1.69. The Morgan fingerprint density at radius 2 is 2.45 bits per heavy atom. The van der Waals surface area contributed by atoms with Crippen LogP contribution in [0.5, 0.6) is 0 Å². The van der Waals surface area contributed by atoms with Crippen molar-refractivity contribution in [1.82, 2.24) is 4.98 Å². The fourth-order valence-corrected chi connectivity index (χ4v) is 1.05. The van der Waals surface area contributed by atoms with E-state index in [0.717, 1.165) is 12.2 Å². The molecule has 1 heterocycles. The minimum Gasteiger partial charge on any atom is -0.339 e. The largest absolute Gasteiger partial charge is 0.339 e. The second-order valence-electron chi connectivity index (χ2n) is 2.52. The number of unbranched alkanes of at least 4 members (excludes halogenated alkanes) is 1. The van der Waals surface area contributed by atoms with Crippen molar-refractivity contribution in [3.05, 3.63) is 18.2 Å². The zero-order valence-electron chi connectivity index (χ0n) is 7.13. The van der Waals surface area contributed by atoms with Crippen molar-refractivity contribution in [3.8, 4) is 0 Å². The van der Waals surface area contributed by atoms with Gasteiger partial charge in [-0.3, -0.25) is 0 Å². The van der Waals surface area contributed by atoms with E-state index in [4.69, 9.17) is 4.84 Å². The van der Waals surface area contributed by atoms with Crippen molar-refractivity contribution in [2.75, 3.05) is 7.11 Å². The number of imidazole rings is 1. The highest BCUT2D eigenvalue weighted by atomic mass is 16.6. The minimum atomic E-state index is 1.05. The van der Waals surface area contributed by atoms with Gasteiger partial charge in [0.05, 0.1) is 6.42 Å². The molecule has 0 atom stereocenters. The SMILES string of the molecule is CCCCc1[nH]cc[n+]1OC. The van der Waals surface area contributed by atoms with E-state index in [-0.39, 0.29) is 0 Å². The van der Waals surface area contributed by atoms with Crippen LogP contribution >= 0.6 is 0 Å². The summed E-state index contributed by atoms with van der Waals surface area (Å²) in [7, 11) is 1.67. The number of hydrogen-bond donors (Lipinski definition) is 1. The molecule has 0 saturated heterocycles. The molecule has 0 aromatic carbocycles. The first kappa shape index (κ1) is 8.11. The highest BCUT2D eigenvalue weighted by molar-refractivity contribution is 4.76. The van der Waals surface area contributed by atoms with Gasteiger partial charge in [0.2, 0.25) is 0 Å². The molecule has 0 aliphatic rings. The molecule has 1 N–H and O–H groups in total. The molecule has 0 aliphatic carbocycles. The van der Waals surface area contributed by atoms with Crippen LogP contribution in [0, 0.1) is 0 Å². The lowest BCUT2D eigenvalue weighted by molar-refractivity contribution is -0.889. The van der Waals surface area contributed by atoms with Gasteiger partial charge < -0.3 is 4.84 Å². The lowest BCUT2D eigenvalue weighted by Gasteiger charge is -1.94. The normalized spacial score (nSPS) is 10.0. The molecule has 62 valence electrons. The van der Waals surface area contributed by atoms with Gasteiger partial charge in [-0.15, -0.1) is 0 Å². The van der Waals surface area contributed by atoms with E-state index < -0.39 is 0 Å². The molecule has 0 radical (unpaired) electrons. The first-order valence-electron chi connectivity index (χ1n) is 4.01. The van der Waals surface area contributed by atoms with Gasteiger partial charge in [-0.25, -0.2) is 4.98 Å². The van der Waals surface area contributed by atoms with Crippen LogP contribution in [-0.4, -0.2) is 12.1 Å². The maximum absolute atomic E-state index is 5.07. The van der Waals surface area contributed by atoms with Crippen LogP contribution in [0.3, 0.4) is 0 Å². The zero-order chi connectivity index (χ0) is 8.10. The van der Waals surface area contributed by atoms with Gasteiger partial charge in [-0.05, 0) is 6.42 Å². The summed E-state index contributed by atoms with van der Waals surface area (Å²) in [6.45, 7) is 2.18. The second-order valence-corrected chi connectivity index (χ2v) is 2.52. The lowest BCUT2D eigenvalue weighted by atomic mass is 10.2. The first-order valence-corrected chi connectivity index (χ1v) is 4.01. The molecule has 0 fully saturated rings. The van der Waals surface area contributed by atoms with Gasteiger partial charge in [0.1, 0.15) is 13.3 Å². The van der Waals surface area contributed by atoms with Crippen LogP contribution < -0.4 is 9.57 Å². The Balaban J connectivity index is 2.54. The average Bonchev–Trinajstić information content (AvgIpc) is 2.47. The van der Waals surface area contributed by atoms with Crippen LogP contribution in [0.2, 0.25) is 0 Å². The fraction of sp³-hybridized carbons (Fsp3) is 0.625. The first-order chi connectivity index (χ1) is 5.38. The number of rotatable bonds is 4. The van der Waals surface area contributed by atoms with E-state index in [0.29, 0.717) is 0 Å². The molecule has 3 heteroatoms. The van der Waals surface area contributed by atoms with Crippen molar-refractivity contribution >= 4 is 0 Å². The molecule has 1 aromatic rings. The Hall–Kier alpha value is -0.990. The van der Waals surface area contributed by atoms with Crippen LogP contribution in [0.4, 0.5) is 0 Å². The van der Waals surface area contributed by atoms with E-state index in [9.17, 15) is 0 Å². The summed E-state index contributed by atoms with van der Waals surface area (Å²) in [5.41, 5.74) is 0. The molecule has 1 rings (SSSR count). The quantitative estimate of drug-likeness (QED) is 0.637. The molecule has 0 saturated carbocycles. The summed E-state index contributed by atoms with van der Waals surface area (Å²) in [4.78, 5) is 8.20. The van der Waals surface area contributed by atoms with Gasteiger partial charge in [0.25, 0.3) is 5.82 Å².